The van der Waals surface area contributed by atoms with Crippen LogP contribution < -0.4 is 29.6 Å². The summed E-state index contributed by atoms with van der Waals surface area (Å²) in [6, 6.07) is 11.1. The first-order valence-electron chi connectivity index (χ1n) is 9.45. The van der Waals surface area contributed by atoms with Gasteiger partial charge in [-0.25, -0.2) is 4.99 Å². The first-order chi connectivity index (χ1) is 14.1. The first-order valence-corrected chi connectivity index (χ1v) is 9.45. The van der Waals surface area contributed by atoms with E-state index in [1.165, 1.54) is 0 Å². The van der Waals surface area contributed by atoms with Crippen LogP contribution in [-0.2, 0) is 6.54 Å². The van der Waals surface area contributed by atoms with Crippen LogP contribution in [0.1, 0.15) is 24.2 Å². The molecular weight excluding hydrogens is 374 g/mol. The molecule has 0 bridgehead atoms. The van der Waals surface area contributed by atoms with Crippen LogP contribution in [0, 0.1) is 0 Å². The number of hydrogen-bond acceptors (Lipinski definition) is 6. The van der Waals surface area contributed by atoms with E-state index < -0.39 is 6.10 Å². The minimum absolute atomic E-state index is 0.248. The summed E-state index contributed by atoms with van der Waals surface area (Å²) in [7, 11) is 3.16. The van der Waals surface area contributed by atoms with Gasteiger partial charge in [-0.15, -0.1) is 0 Å². The predicted octanol–water partition coefficient (Wildman–Crippen LogP) is 2.22. The van der Waals surface area contributed by atoms with Crippen molar-refractivity contribution in [1.29, 1.82) is 0 Å². The average molecular weight is 401 g/mol. The number of aliphatic hydroxyl groups is 1. The molecule has 8 heteroatoms. The summed E-state index contributed by atoms with van der Waals surface area (Å²) in [6.07, 6.45) is -0.797. The lowest BCUT2D eigenvalue weighted by Crippen LogP contribution is -2.39. The van der Waals surface area contributed by atoms with E-state index in [0.717, 1.165) is 17.1 Å². The molecule has 29 heavy (non-hydrogen) atoms. The summed E-state index contributed by atoms with van der Waals surface area (Å²) in [4.78, 5) is 4.58. The fourth-order valence-corrected chi connectivity index (χ4v) is 2.95. The van der Waals surface area contributed by atoms with E-state index in [2.05, 4.69) is 15.6 Å². The molecule has 1 atom stereocenters. The number of aliphatic hydroxyl groups excluding tert-OH is 1. The SMILES string of the molecule is CCNC(=NCc1ccc2c(c1)OCO2)NCC(O)c1cc(OC)ccc1OC. The summed E-state index contributed by atoms with van der Waals surface area (Å²) in [5.74, 6) is 3.34. The molecule has 1 unspecified atom stereocenters. The van der Waals surface area contributed by atoms with Crippen molar-refractivity contribution in [1.82, 2.24) is 10.6 Å². The van der Waals surface area contributed by atoms with Gasteiger partial charge in [0.1, 0.15) is 11.5 Å². The minimum Gasteiger partial charge on any atom is -0.497 e. The van der Waals surface area contributed by atoms with E-state index in [1.54, 1.807) is 32.4 Å². The molecule has 1 aliphatic heterocycles. The topological polar surface area (TPSA) is 93.6 Å². The normalized spacial score (nSPS) is 13.7. The molecule has 2 aromatic rings. The fraction of sp³-hybridized carbons (Fsp3) is 0.381. The summed E-state index contributed by atoms with van der Waals surface area (Å²) in [5.41, 5.74) is 1.65. The lowest BCUT2D eigenvalue weighted by Gasteiger charge is -2.18. The van der Waals surface area contributed by atoms with Crippen molar-refractivity contribution in [3.63, 3.8) is 0 Å². The van der Waals surface area contributed by atoms with Crippen molar-refractivity contribution >= 4 is 5.96 Å². The molecule has 8 nitrogen and oxygen atoms in total. The molecule has 0 aliphatic carbocycles. The molecule has 1 aliphatic rings. The van der Waals surface area contributed by atoms with Crippen LogP contribution in [-0.4, -0.2) is 45.2 Å². The molecule has 156 valence electrons. The molecule has 0 saturated heterocycles. The standard InChI is InChI=1S/C21H27N3O5/c1-4-22-21(23-11-14-5-7-19-20(9-14)29-13-28-19)24-12-17(25)16-10-15(26-2)6-8-18(16)27-3/h5-10,17,25H,4,11-13H2,1-3H3,(H2,22,23,24). The second-order valence-corrected chi connectivity index (χ2v) is 6.39. The Bertz CT molecular complexity index is 856. The molecule has 0 saturated carbocycles. The number of aliphatic imine (C=N–C) groups is 1. The molecule has 3 rings (SSSR count). The minimum atomic E-state index is -0.797. The Morgan fingerprint density at radius 2 is 1.93 bits per heavy atom. The highest BCUT2D eigenvalue weighted by atomic mass is 16.7. The Kier molecular flexibility index (Phi) is 7.02. The van der Waals surface area contributed by atoms with E-state index in [-0.39, 0.29) is 13.3 Å². The molecule has 0 aromatic heterocycles. The number of hydrogen-bond donors (Lipinski definition) is 3. The maximum atomic E-state index is 10.6. The Balaban J connectivity index is 1.65. The molecule has 1 heterocycles. The lowest BCUT2D eigenvalue weighted by molar-refractivity contribution is 0.174. The Hall–Kier alpha value is -3.13. The van der Waals surface area contributed by atoms with E-state index in [1.807, 2.05) is 25.1 Å². The number of methoxy groups -OCH3 is 2. The molecule has 0 fully saturated rings. The molecule has 0 spiro atoms. The lowest BCUT2D eigenvalue weighted by atomic mass is 10.1. The molecule has 0 amide bonds. The largest absolute Gasteiger partial charge is 0.497 e. The summed E-state index contributed by atoms with van der Waals surface area (Å²) >= 11 is 0. The van der Waals surface area contributed by atoms with Gasteiger partial charge in [0.25, 0.3) is 0 Å². The summed E-state index contributed by atoms with van der Waals surface area (Å²) < 4.78 is 21.3. The maximum absolute atomic E-state index is 10.6. The molecular formula is C21H27N3O5. The van der Waals surface area contributed by atoms with E-state index in [4.69, 9.17) is 18.9 Å². The van der Waals surface area contributed by atoms with Crippen LogP contribution >= 0.6 is 0 Å². The highest BCUT2D eigenvalue weighted by Crippen LogP contribution is 2.32. The van der Waals surface area contributed by atoms with Gasteiger partial charge in [0, 0.05) is 18.7 Å². The third-order valence-electron chi connectivity index (χ3n) is 4.46. The Morgan fingerprint density at radius 1 is 1.10 bits per heavy atom. The van der Waals surface area contributed by atoms with Gasteiger partial charge in [-0.2, -0.15) is 0 Å². The number of nitrogens with one attached hydrogen (secondary N) is 2. The third kappa shape index (κ3) is 5.23. The number of benzene rings is 2. The number of guanidine groups is 1. The van der Waals surface area contributed by atoms with Crippen LogP contribution in [0.2, 0.25) is 0 Å². The first kappa shape index (κ1) is 20.6. The number of rotatable bonds is 8. The van der Waals surface area contributed by atoms with Crippen LogP contribution in [0.4, 0.5) is 0 Å². The Labute approximate surface area is 170 Å². The highest BCUT2D eigenvalue weighted by molar-refractivity contribution is 5.79. The summed E-state index contributed by atoms with van der Waals surface area (Å²) in [6.45, 7) is 3.66. The monoisotopic (exact) mass is 401 g/mol. The third-order valence-corrected chi connectivity index (χ3v) is 4.46. The van der Waals surface area contributed by atoms with Gasteiger partial charge >= 0.3 is 0 Å². The Morgan fingerprint density at radius 3 is 2.69 bits per heavy atom. The number of fused-ring (bicyclic) bond motifs is 1. The van der Waals surface area contributed by atoms with Gasteiger partial charge in [0.15, 0.2) is 17.5 Å². The van der Waals surface area contributed by atoms with Crippen molar-refractivity contribution in [2.45, 2.75) is 19.6 Å². The van der Waals surface area contributed by atoms with E-state index >= 15 is 0 Å². The van der Waals surface area contributed by atoms with Gasteiger partial charge in [0.2, 0.25) is 6.79 Å². The second-order valence-electron chi connectivity index (χ2n) is 6.39. The second kappa shape index (κ2) is 9.88. The summed E-state index contributed by atoms with van der Waals surface area (Å²) in [5, 5.41) is 17.0. The van der Waals surface area contributed by atoms with Crippen LogP contribution in [0.3, 0.4) is 0 Å². The quantitative estimate of drug-likeness (QED) is 0.461. The van der Waals surface area contributed by atoms with E-state index in [9.17, 15) is 5.11 Å². The molecule has 3 N–H and O–H groups in total. The van der Waals surface area contributed by atoms with Crippen LogP contribution in [0.15, 0.2) is 41.4 Å². The smallest absolute Gasteiger partial charge is 0.231 e. The van der Waals surface area contributed by atoms with Crippen molar-refractivity contribution < 1.29 is 24.1 Å². The fourth-order valence-electron chi connectivity index (χ4n) is 2.95. The predicted molar refractivity (Wildman–Crippen MR) is 110 cm³/mol. The van der Waals surface area contributed by atoms with Gasteiger partial charge < -0.3 is 34.7 Å². The van der Waals surface area contributed by atoms with Gasteiger partial charge in [-0.3, -0.25) is 0 Å². The van der Waals surface area contributed by atoms with Gasteiger partial charge in [0.05, 0.1) is 26.9 Å². The van der Waals surface area contributed by atoms with Gasteiger partial charge in [-0.1, -0.05) is 6.07 Å². The zero-order valence-corrected chi connectivity index (χ0v) is 16.9. The zero-order valence-electron chi connectivity index (χ0n) is 16.9. The van der Waals surface area contributed by atoms with Crippen molar-refractivity contribution in [3.05, 3.63) is 47.5 Å². The van der Waals surface area contributed by atoms with Crippen molar-refractivity contribution in [2.24, 2.45) is 4.99 Å². The van der Waals surface area contributed by atoms with Crippen LogP contribution in [0.25, 0.3) is 0 Å². The number of nitrogens with zero attached hydrogens (tertiary/aromatic N) is 1. The average Bonchev–Trinajstić information content (AvgIpc) is 3.22. The van der Waals surface area contributed by atoms with E-state index in [0.29, 0.717) is 36.1 Å². The molecule has 0 radical (unpaired) electrons. The molecule has 2 aromatic carbocycles. The zero-order chi connectivity index (χ0) is 20.6. The maximum Gasteiger partial charge on any atom is 0.231 e. The van der Waals surface area contributed by atoms with Gasteiger partial charge in [-0.05, 0) is 42.8 Å². The van der Waals surface area contributed by atoms with Crippen molar-refractivity contribution in [3.8, 4) is 23.0 Å². The van der Waals surface area contributed by atoms with Crippen LogP contribution in [0.5, 0.6) is 23.0 Å². The number of ether oxygens (including phenoxy) is 4. The van der Waals surface area contributed by atoms with Crippen molar-refractivity contribution in [2.75, 3.05) is 34.1 Å². The highest BCUT2D eigenvalue weighted by Gasteiger charge is 2.16.